The van der Waals surface area contributed by atoms with Crippen molar-refractivity contribution in [2.24, 2.45) is 11.8 Å². The number of nitrogens with zero attached hydrogens (tertiary/aromatic N) is 1. The van der Waals surface area contributed by atoms with E-state index in [1.807, 2.05) is 24.3 Å². The van der Waals surface area contributed by atoms with Crippen molar-refractivity contribution in [2.45, 2.75) is 31.1 Å². The minimum Gasteiger partial charge on any atom is -0.466 e. The highest BCUT2D eigenvalue weighted by atomic mass is 35.5. The van der Waals surface area contributed by atoms with Gasteiger partial charge < -0.3 is 14.4 Å². The first kappa shape index (κ1) is 17.3. The van der Waals surface area contributed by atoms with Crippen LogP contribution in [0.3, 0.4) is 0 Å². The second kappa shape index (κ2) is 6.25. The van der Waals surface area contributed by atoms with Gasteiger partial charge in [0.2, 0.25) is 5.91 Å². The lowest BCUT2D eigenvalue weighted by molar-refractivity contribution is -0.151. The molecule has 2 saturated heterocycles. The lowest BCUT2D eigenvalue weighted by Crippen LogP contribution is -2.45. The molecule has 1 aromatic rings. The summed E-state index contributed by atoms with van der Waals surface area (Å²) in [5.41, 5.74) is -0.0920. The summed E-state index contributed by atoms with van der Waals surface area (Å²) in [4.78, 5) is 27.6. The largest absolute Gasteiger partial charge is 0.466 e. The van der Waals surface area contributed by atoms with Crippen molar-refractivity contribution in [1.29, 1.82) is 0 Å². The van der Waals surface area contributed by atoms with Crippen LogP contribution >= 0.6 is 11.6 Å². The van der Waals surface area contributed by atoms with E-state index >= 15 is 0 Å². The average molecular weight is 374 g/mol. The number of ether oxygens (including phenoxy) is 2. The summed E-state index contributed by atoms with van der Waals surface area (Å²) in [6.07, 6.45) is 5.74. The predicted molar refractivity (Wildman–Crippen MR) is 97.9 cm³/mol. The Balaban J connectivity index is 1.78. The summed E-state index contributed by atoms with van der Waals surface area (Å²) in [5.74, 6) is -1.70. The van der Waals surface area contributed by atoms with Crippen LogP contribution in [-0.4, -0.2) is 36.2 Å². The smallest absolute Gasteiger partial charge is 0.312 e. The zero-order valence-electron chi connectivity index (χ0n) is 14.4. The van der Waals surface area contributed by atoms with Crippen LogP contribution in [0, 0.1) is 11.8 Å². The highest BCUT2D eigenvalue weighted by Gasteiger charge is 2.71. The molecule has 0 radical (unpaired) electrons. The Morgan fingerprint density at radius 3 is 2.81 bits per heavy atom. The number of fused-ring (bicyclic) bond motifs is 1. The summed E-state index contributed by atoms with van der Waals surface area (Å²) in [7, 11) is 0. The van der Waals surface area contributed by atoms with Gasteiger partial charge in [-0.3, -0.25) is 9.59 Å². The van der Waals surface area contributed by atoms with Crippen molar-refractivity contribution >= 4 is 29.2 Å². The van der Waals surface area contributed by atoms with Crippen molar-refractivity contribution < 1.29 is 19.1 Å². The van der Waals surface area contributed by atoms with Gasteiger partial charge >= 0.3 is 5.97 Å². The maximum absolute atomic E-state index is 13.4. The Bertz CT molecular complexity index is 790. The Morgan fingerprint density at radius 1 is 1.42 bits per heavy atom. The molecular formula is C20H20ClNO4. The van der Waals surface area contributed by atoms with E-state index in [9.17, 15) is 9.59 Å². The molecule has 0 aromatic heterocycles. The highest BCUT2D eigenvalue weighted by Crippen LogP contribution is 2.56. The van der Waals surface area contributed by atoms with E-state index in [2.05, 4.69) is 6.58 Å². The molecule has 4 rings (SSSR count). The number of anilines is 1. The van der Waals surface area contributed by atoms with Crippen molar-refractivity contribution in [3.8, 4) is 0 Å². The molecule has 3 heterocycles. The molecule has 136 valence electrons. The Morgan fingerprint density at radius 2 is 2.15 bits per heavy atom. The van der Waals surface area contributed by atoms with Crippen molar-refractivity contribution in [3.05, 3.63) is 54.1 Å². The monoisotopic (exact) mass is 373 g/mol. The summed E-state index contributed by atoms with van der Waals surface area (Å²) >= 11 is 5.99. The molecule has 0 N–H and O–H groups in total. The maximum Gasteiger partial charge on any atom is 0.312 e. The Hall–Kier alpha value is -2.11. The molecule has 0 aliphatic carbocycles. The standard InChI is InChI=1S/C20H20ClNO4/c1-3-5-15-20-11-10-14(26-20)16(19(24)25-4-2)17(20)18(23)22(15)13-8-6-12(21)7-9-13/h3,6-11,14-17H,1,4-5H2,2H3/t14-,15+,16-,17+,20-/m1/s1. The van der Waals surface area contributed by atoms with Crippen LogP contribution in [0.1, 0.15) is 13.3 Å². The molecule has 2 fully saturated rings. The van der Waals surface area contributed by atoms with E-state index in [0.717, 1.165) is 5.69 Å². The number of hydrogen-bond donors (Lipinski definition) is 0. The van der Waals surface area contributed by atoms with Gasteiger partial charge in [0.15, 0.2) is 0 Å². The van der Waals surface area contributed by atoms with E-state index in [1.54, 1.807) is 30.0 Å². The molecule has 0 saturated carbocycles. The number of carbonyl (C=O) groups excluding carboxylic acids is 2. The van der Waals surface area contributed by atoms with Crippen LogP contribution in [0.25, 0.3) is 0 Å². The molecule has 1 amide bonds. The minimum absolute atomic E-state index is 0.121. The Kier molecular flexibility index (Phi) is 4.16. The second-order valence-electron chi connectivity index (χ2n) is 6.78. The second-order valence-corrected chi connectivity index (χ2v) is 7.21. The summed E-state index contributed by atoms with van der Waals surface area (Å²) in [6, 6.07) is 6.85. The van der Waals surface area contributed by atoms with Gasteiger partial charge in [0, 0.05) is 10.7 Å². The molecule has 2 bridgehead atoms. The van der Waals surface area contributed by atoms with Crippen LogP contribution in [0.5, 0.6) is 0 Å². The van der Waals surface area contributed by atoms with Crippen molar-refractivity contribution in [2.75, 3.05) is 11.5 Å². The molecule has 26 heavy (non-hydrogen) atoms. The molecule has 1 aromatic carbocycles. The molecule has 3 aliphatic rings. The molecular weight excluding hydrogens is 354 g/mol. The first-order valence-electron chi connectivity index (χ1n) is 8.77. The van der Waals surface area contributed by atoms with Crippen LogP contribution in [0.15, 0.2) is 49.1 Å². The van der Waals surface area contributed by atoms with E-state index in [-0.39, 0.29) is 24.5 Å². The number of amides is 1. The number of rotatable bonds is 5. The zero-order valence-corrected chi connectivity index (χ0v) is 15.2. The SMILES string of the molecule is C=CC[C@@H]1N(c2ccc(Cl)cc2)C(=O)[C@@H]2[C@H](C(=O)OCC)[C@H]3C=C[C@]21O3. The van der Waals surface area contributed by atoms with E-state index < -0.39 is 23.5 Å². The third-order valence-corrected chi connectivity index (χ3v) is 5.73. The minimum atomic E-state index is -0.826. The number of halogens is 1. The third kappa shape index (κ3) is 2.27. The predicted octanol–water partition coefficient (Wildman–Crippen LogP) is 3.13. The van der Waals surface area contributed by atoms with Crippen LogP contribution in [0.2, 0.25) is 5.02 Å². The van der Waals surface area contributed by atoms with Gasteiger partial charge in [-0.25, -0.2) is 0 Å². The quantitative estimate of drug-likeness (QED) is 0.587. The van der Waals surface area contributed by atoms with Gasteiger partial charge in [-0.15, -0.1) is 6.58 Å². The molecule has 1 spiro atoms. The van der Waals surface area contributed by atoms with E-state index in [0.29, 0.717) is 11.4 Å². The normalized spacial score (nSPS) is 34.2. The average Bonchev–Trinajstić information content (AvgIpc) is 3.26. The summed E-state index contributed by atoms with van der Waals surface area (Å²) in [5, 5.41) is 0.598. The summed E-state index contributed by atoms with van der Waals surface area (Å²) < 4.78 is 11.4. The number of carbonyl (C=O) groups is 2. The molecule has 5 atom stereocenters. The first-order valence-corrected chi connectivity index (χ1v) is 9.14. The number of benzene rings is 1. The van der Waals surface area contributed by atoms with Crippen molar-refractivity contribution in [1.82, 2.24) is 0 Å². The molecule has 5 nitrogen and oxygen atoms in total. The zero-order chi connectivity index (χ0) is 18.5. The molecule has 3 aliphatic heterocycles. The Labute approximate surface area is 157 Å². The van der Waals surface area contributed by atoms with Crippen molar-refractivity contribution in [3.63, 3.8) is 0 Å². The van der Waals surface area contributed by atoms with Crippen LogP contribution < -0.4 is 4.90 Å². The number of esters is 1. The van der Waals surface area contributed by atoms with Gasteiger partial charge in [0.25, 0.3) is 0 Å². The van der Waals surface area contributed by atoms with Gasteiger partial charge in [-0.05, 0) is 37.6 Å². The van der Waals surface area contributed by atoms with Gasteiger partial charge in [0.05, 0.1) is 24.7 Å². The van der Waals surface area contributed by atoms with E-state index in [4.69, 9.17) is 21.1 Å². The molecule has 6 heteroatoms. The fourth-order valence-electron chi connectivity index (χ4n) is 4.51. The third-order valence-electron chi connectivity index (χ3n) is 5.48. The molecule has 0 unspecified atom stereocenters. The topological polar surface area (TPSA) is 55.8 Å². The van der Waals surface area contributed by atoms with E-state index in [1.165, 1.54) is 0 Å². The van der Waals surface area contributed by atoms with Gasteiger partial charge in [-0.2, -0.15) is 0 Å². The first-order chi connectivity index (χ1) is 12.5. The van der Waals surface area contributed by atoms with Gasteiger partial charge in [0.1, 0.15) is 11.5 Å². The fraction of sp³-hybridized carbons (Fsp3) is 0.400. The van der Waals surface area contributed by atoms with Crippen LogP contribution in [0.4, 0.5) is 5.69 Å². The maximum atomic E-state index is 13.4. The lowest BCUT2D eigenvalue weighted by Gasteiger charge is -2.32. The lowest BCUT2D eigenvalue weighted by atomic mass is 9.74. The van der Waals surface area contributed by atoms with Gasteiger partial charge in [-0.1, -0.05) is 29.8 Å². The fourth-order valence-corrected chi connectivity index (χ4v) is 4.64. The summed E-state index contributed by atoms with van der Waals surface area (Å²) in [6.45, 7) is 5.87. The number of hydrogen-bond acceptors (Lipinski definition) is 4. The van der Waals surface area contributed by atoms with Crippen LogP contribution in [-0.2, 0) is 19.1 Å². The highest BCUT2D eigenvalue weighted by molar-refractivity contribution is 6.30.